The Morgan fingerprint density at radius 2 is 1.89 bits per heavy atom. The van der Waals surface area contributed by atoms with Crippen molar-refractivity contribution < 1.29 is 9.90 Å². The highest BCUT2D eigenvalue weighted by Crippen LogP contribution is 2.41. The summed E-state index contributed by atoms with van der Waals surface area (Å²) >= 11 is 0. The average Bonchev–Trinajstić information content (AvgIpc) is 3.04. The van der Waals surface area contributed by atoms with E-state index in [2.05, 4.69) is 30.4 Å². The van der Waals surface area contributed by atoms with Crippen molar-refractivity contribution >= 4 is 27.9 Å². The Balaban J connectivity index is 1.94. The first kappa shape index (κ1) is 18.1. The van der Waals surface area contributed by atoms with E-state index in [0.717, 1.165) is 54.2 Å². The summed E-state index contributed by atoms with van der Waals surface area (Å²) in [6.45, 7) is 4.35. The zero-order chi connectivity index (χ0) is 18.8. The van der Waals surface area contributed by atoms with Crippen molar-refractivity contribution in [2.45, 2.75) is 44.9 Å². The second-order valence-corrected chi connectivity index (χ2v) is 7.71. The van der Waals surface area contributed by atoms with Crippen LogP contribution in [0.3, 0.4) is 0 Å². The second kappa shape index (κ2) is 7.73. The van der Waals surface area contributed by atoms with Crippen molar-refractivity contribution in [2.24, 2.45) is 5.92 Å². The van der Waals surface area contributed by atoms with E-state index in [9.17, 15) is 9.90 Å². The van der Waals surface area contributed by atoms with E-state index in [1.54, 1.807) is 0 Å². The summed E-state index contributed by atoms with van der Waals surface area (Å²) in [6, 6.07) is 14.2. The van der Waals surface area contributed by atoms with Crippen molar-refractivity contribution in [1.29, 1.82) is 0 Å². The van der Waals surface area contributed by atoms with Gasteiger partial charge in [0.2, 0.25) is 0 Å². The monoisotopic (exact) mass is 364 g/mol. The zero-order valence-electron chi connectivity index (χ0n) is 15.9. The molecule has 2 aromatic carbocycles. The molecule has 2 heterocycles. The molecule has 27 heavy (non-hydrogen) atoms. The molecule has 2 N–H and O–H groups in total. The van der Waals surface area contributed by atoms with Crippen LogP contribution < -0.4 is 5.32 Å². The molecule has 1 atom stereocenters. The molecule has 0 amide bonds. The number of aromatic nitrogens is 1. The molecule has 3 aromatic rings. The summed E-state index contributed by atoms with van der Waals surface area (Å²) in [5, 5.41) is 15.6. The Kier molecular flexibility index (Phi) is 5.17. The summed E-state index contributed by atoms with van der Waals surface area (Å²) in [4.78, 5) is 12.2. The van der Waals surface area contributed by atoms with Crippen LogP contribution in [0.2, 0.25) is 0 Å². The molecule has 4 nitrogen and oxygen atoms in total. The van der Waals surface area contributed by atoms with Gasteiger partial charge in [-0.2, -0.15) is 0 Å². The van der Waals surface area contributed by atoms with Gasteiger partial charge in [0.15, 0.2) is 0 Å². The lowest BCUT2D eigenvalue weighted by Crippen LogP contribution is -2.31. The van der Waals surface area contributed by atoms with E-state index in [4.69, 9.17) is 0 Å². The summed E-state index contributed by atoms with van der Waals surface area (Å²) in [7, 11) is 0. The first-order valence-corrected chi connectivity index (χ1v) is 10.2. The van der Waals surface area contributed by atoms with E-state index < -0.39 is 6.09 Å². The second-order valence-electron chi connectivity index (χ2n) is 7.71. The number of hydrogen-bond donors (Lipinski definition) is 2. The van der Waals surface area contributed by atoms with Crippen molar-refractivity contribution in [2.75, 3.05) is 13.1 Å². The fourth-order valence-electron chi connectivity index (χ4n) is 4.86. The summed E-state index contributed by atoms with van der Waals surface area (Å²) < 4.78 is 1.51. The van der Waals surface area contributed by atoms with Gasteiger partial charge >= 0.3 is 6.09 Å². The molecular formula is C23H28N2O2. The summed E-state index contributed by atoms with van der Waals surface area (Å²) in [6.07, 6.45) is 4.91. The topological polar surface area (TPSA) is 54.3 Å². The largest absolute Gasteiger partial charge is 0.464 e. The van der Waals surface area contributed by atoms with E-state index in [1.807, 2.05) is 24.3 Å². The van der Waals surface area contributed by atoms with Gasteiger partial charge in [0.25, 0.3) is 0 Å². The highest BCUT2D eigenvalue weighted by atomic mass is 16.4. The maximum Gasteiger partial charge on any atom is 0.416 e. The molecule has 0 radical (unpaired) electrons. The number of carbonyl (C=O) groups is 1. The van der Waals surface area contributed by atoms with Gasteiger partial charge in [0.1, 0.15) is 0 Å². The van der Waals surface area contributed by atoms with E-state index in [-0.39, 0.29) is 0 Å². The number of piperidine rings is 1. The standard InChI is InChI=1S/C23H28N2O2/c1-2-3-7-17(16-12-14-24-15-13-16)19-9-6-10-20-18-8-4-5-11-21(18)25(22(19)20)23(26)27/h4-6,8-11,16-17,24H,2-3,7,12-15H2,1H3,(H,26,27). The molecule has 0 bridgehead atoms. The lowest BCUT2D eigenvalue weighted by atomic mass is 9.77. The van der Waals surface area contributed by atoms with Gasteiger partial charge in [0.05, 0.1) is 11.0 Å². The lowest BCUT2D eigenvalue weighted by Gasteiger charge is -2.32. The highest BCUT2D eigenvalue weighted by Gasteiger charge is 2.28. The van der Waals surface area contributed by atoms with Gasteiger partial charge in [-0.15, -0.1) is 0 Å². The van der Waals surface area contributed by atoms with Gasteiger partial charge in [-0.1, -0.05) is 56.2 Å². The number of rotatable bonds is 5. The Morgan fingerprint density at radius 3 is 2.63 bits per heavy atom. The number of nitrogens with zero attached hydrogens (tertiary/aromatic N) is 1. The fraction of sp³-hybridized carbons (Fsp3) is 0.435. The molecule has 1 aliphatic heterocycles. The number of hydrogen-bond acceptors (Lipinski definition) is 2. The van der Waals surface area contributed by atoms with Crippen LogP contribution in [0.25, 0.3) is 21.8 Å². The van der Waals surface area contributed by atoms with Crippen LogP contribution in [0, 0.1) is 5.92 Å². The molecule has 4 rings (SSSR count). The highest BCUT2D eigenvalue weighted by molar-refractivity contribution is 6.13. The molecule has 0 aliphatic carbocycles. The minimum Gasteiger partial charge on any atom is -0.464 e. The van der Waals surface area contributed by atoms with Crippen LogP contribution in [-0.2, 0) is 0 Å². The van der Waals surface area contributed by atoms with Gasteiger partial charge in [-0.05, 0) is 55.8 Å². The predicted octanol–water partition coefficient (Wildman–Crippen LogP) is 5.59. The molecule has 0 spiro atoms. The van der Waals surface area contributed by atoms with E-state index in [0.29, 0.717) is 11.8 Å². The Morgan fingerprint density at radius 1 is 1.15 bits per heavy atom. The SMILES string of the molecule is CCCCC(c1cccc2c3ccccc3n(C(=O)O)c12)C1CCNCC1. The summed E-state index contributed by atoms with van der Waals surface area (Å²) in [5.74, 6) is 1.03. The maximum absolute atomic E-state index is 12.2. The molecule has 1 unspecified atom stereocenters. The quantitative estimate of drug-likeness (QED) is 0.620. The number of unbranched alkanes of at least 4 members (excludes halogenated alkanes) is 1. The van der Waals surface area contributed by atoms with Crippen molar-refractivity contribution in [3.05, 3.63) is 48.0 Å². The number of fused-ring (bicyclic) bond motifs is 3. The van der Waals surface area contributed by atoms with Crippen LogP contribution in [0.4, 0.5) is 4.79 Å². The van der Waals surface area contributed by atoms with Crippen LogP contribution in [0.5, 0.6) is 0 Å². The van der Waals surface area contributed by atoms with Gasteiger partial charge in [0, 0.05) is 10.8 Å². The van der Waals surface area contributed by atoms with Crippen LogP contribution in [-0.4, -0.2) is 28.9 Å². The molecule has 1 aromatic heterocycles. The number of carboxylic acid groups (broad SMARTS) is 1. The normalized spacial score (nSPS) is 16.8. The number of para-hydroxylation sites is 2. The Labute approximate surface area is 160 Å². The molecule has 142 valence electrons. The zero-order valence-corrected chi connectivity index (χ0v) is 15.9. The smallest absolute Gasteiger partial charge is 0.416 e. The van der Waals surface area contributed by atoms with Crippen LogP contribution in [0.15, 0.2) is 42.5 Å². The minimum atomic E-state index is -0.895. The third-order valence-electron chi connectivity index (χ3n) is 6.14. The maximum atomic E-state index is 12.2. The lowest BCUT2D eigenvalue weighted by molar-refractivity contribution is 0.198. The minimum absolute atomic E-state index is 0.415. The van der Waals surface area contributed by atoms with Gasteiger partial charge in [-0.25, -0.2) is 9.36 Å². The molecule has 1 saturated heterocycles. The Bertz CT molecular complexity index is 954. The third kappa shape index (κ3) is 3.23. The van der Waals surface area contributed by atoms with Crippen LogP contribution >= 0.6 is 0 Å². The number of benzene rings is 2. The predicted molar refractivity (Wildman–Crippen MR) is 111 cm³/mol. The first-order valence-electron chi connectivity index (χ1n) is 10.2. The Hall–Kier alpha value is -2.33. The van der Waals surface area contributed by atoms with Crippen molar-refractivity contribution in [3.8, 4) is 0 Å². The first-order chi connectivity index (χ1) is 13.2. The molecule has 1 aliphatic rings. The van der Waals surface area contributed by atoms with Gasteiger partial charge < -0.3 is 10.4 Å². The fourth-order valence-corrected chi connectivity index (χ4v) is 4.86. The summed E-state index contributed by atoms with van der Waals surface area (Å²) in [5.41, 5.74) is 2.89. The average molecular weight is 364 g/mol. The van der Waals surface area contributed by atoms with E-state index >= 15 is 0 Å². The third-order valence-corrected chi connectivity index (χ3v) is 6.14. The van der Waals surface area contributed by atoms with Crippen LogP contribution in [0.1, 0.15) is 50.5 Å². The molecule has 0 saturated carbocycles. The van der Waals surface area contributed by atoms with Crippen molar-refractivity contribution in [1.82, 2.24) is 9.88 Å². The van der Waals surface area contributed by atoms with Crippen molar-refractivity contribution in [3.63, 3.8) is 0 Å². The molecule has 1 fully saturated rings. The molecule has 4 heteroatoms. The molecular weight excluding hydrogens is 336 g/mol. The van der Waals surface area contributed by atoms with Gasteiger partial charge in [-0.3, -0.25) is 0 Å². The number of nitrogens with one attached hydrogen (secondary N) is 1. The van der Waals surface area contributed by atoms with E-state index in [1.165, 1.54) is 23.0 Å².